The molecule has 31 heavy (non-hydrogen) atoms. The summed E-state index contributed by atoms with van der Waals surface area (Å²) in [6, 6.07) is 24.4. The number of nitrogens with one attached hydrogen (secondary N) is 2. The van der Waals surface area contributed by atoms with E-state index < -0.39 is 0 Å². The second kappa shape index (κ2) is 9.58. The number of methoxy groups -OCH3 is 1. The highest BCUT2D eigenvalue weighted by atomic mass is 16.5. The summed E-state index contributed by atoms with van der Waals surface area (Å²) < 4.78 is 11.0. The zero-order valence-electron chi connectivity index (χ0n) is 17.0. The SMILES string of the molecule is COc1ccc(-c2n[nH]c(CNC(=O)c3ccccc3COc3ccccc3)n2)cc1. The molecule has 1 heterocycles. The maximum atomic E-state index is 12.8. The lowest BCUT2D eigenvalue weighted by molar-refractivity contribution is 0.0947. The maximum Gasteiger partial charge on any atom is 0.252 e. The summed E-state index contributed by atoms with van der Waals surface area (Å²) in [7, 11) is 1.62. The van der Waals surface area contributed by atoms with Crippen molar-refractivity contribution in [2.75, 3.05) is 7.11 Å². The van der Waals surface area contributed by atoms with E-state index >= 15 is 0 Å². The van der Waals surface area contributed by atoms with Crippen LogP contribution in [0.3, 0.4) is 0 Å². The van der Waals surface area contributed by atoms with Gasteiger partial charge in [-0.05, 0) is 42.5 Å². The fraction of sp³-hybridized carbons (Fsp3) is 0.125. The molecule has 0 fully saturated rings. The van der Waals surface area contributed by atoms with Gasteiger partial charge in [0.05, 0.1) is 13.7 Å². The number of carbonyl (C=O) groups excluding carboxylic acids is 1. The van der Waals surface area contributed by atoms with Crippen LogP contribution in [-0.2, 0) is 13.2 Å². The first-order chi connectivity index (χ1) is 15.2. The average Bonchev–Trinajstić information content (AvgIpc) is 3.31. The first-order valence-electron chi connectivity index (χ1n) is 9.82. The third kappa shape index (κ3) is 5.08. The Bertz CT molecular complexity index is 1140. The molecule has 4 rings (SSSR count). The quantitative estimate of drug-likeness (QED) is 0.455. The molecule has 2 N–H and O–H groups in total. The Morgan fingerprint density at radius 3 is 2.45 bits per heavy atom. The van der Waals surface area contributed by atoms with Gasteiger partial charge in [0.1, 0.15) is 23.9 Å². The van der Waals surface area contributed by atoms with Crippen molar-refractivity contribution in [1.29, 1.82) is 0 Å². The molecule has 0 aliphatic carbocycles. The van der Waals surface area contributed by atoms with Crippen molar-refractivity contribution in [3.63, 3.8) is 0 Å². The molecule has 1 amide bonds. The molecule has 0 unspecified atom stereocenters. The Kier molecular flexibility index (Phi) is 6.23. The lowest BCUT2D eigenvalue weighted by Gasteiger charge is -2.11. The van der Waals surface area contributed by atoms with Crippen LogP contribution in [0.1, 0.15) is 21.7 Å². The Balaban J connectivity index is 1.38. The second-order valence-corrected chi connectivity index (χ2v) is 6.78. The molecule has 7 nitrogen and oxygen atoms in total. The number of carbonyl (C=O) groups is 1. The highest BCUT2D eigenvalue weighted by Crippen LogP contribution is 2.19. The Labute approximate surface area is 180 Å². The molecule has 156 valence electrons. The van der Waals surface area contributed by atoms with Crippen LogP contribution in [0, 0.1) is 0 Å². The van der Waals surface area contributed by atoms with E-state index in [1.807, 2.05) is 72.8 Å². The molecule has 1 aromatic heterocycles. The van der Waals surface area contributed by atoms with E-state index in [1.54, 1.807) is 13.2 Å². The minimum atomic E-state index is -0.199. The Morgan fingerprint density at radius 1 is 0.935 bits per heavy atom. The van der Waals surface area contributed by atoms with Gasteiger partial charge in [0, 0.05) is 16.7 Å². The third-order valence-corrected chi connectivity index (χ3v) is 4.70. The van der Waals surface area contributed by atoms with Crippen LogP contribution in [-0.4, -0.2) is 28.2 Å². The van der Waals surface area contributed by atoms with Gasteiger partial charge in [0.15, 0.2) is 5.82 Å². The van der Waals surface area contributed by atoms with E-state index in [-0.39, 0.29) is 12.5 Å². The number of hydrogen-bond donors (Lipinski definition) is 2. The van der Waals surface area contributed by atoms with Crippen LogP contribution in [0.25, 0.3) is 11.4 Å². The fourth-order valence-corrected chi connectivity index (χ4v) is 3.05. The van der Waals surface area contributed by atoms with E-state index in [2.05, 4.69) is 20.5 Å². The Morgan fingerprint density at radius 2 is 1.68 bits per heavy atom. The third-order valence-electron chi connectivity index (χ3n) is 4.70. The minimum Gasteiger partial charge on any atom is -0.497 e. The van der Waals surface area contributed by atoms with E-state index in [9.17, 15) is 4.79 Å². The van der Waals surface area contributed by atoms with E-state index in [0.29, 0.717) is 23.8 Å². The number of hydrogen-bond acceptors (Lipinski definition) is 5. The topological polar surface area (TPSA) is 89.1 Å². The number of ether oxygens (including phenoxy) is 2. The molecular formula is C24H22N4O3. The predicted molar refractivity (Wildman–Crippen MR) is 117 cm³/mol. The predicted octanol–water partition coefficient (Wildman–Crippen LogP) is 3.99. The number of nitrogens with zero attached hydrogens (tertiary/aromatic N) is 2. The number of aromatic amines is 1. The van der Waals surface area contributed by atoms with Gasteiger partial charge in [0.25, 0.3) is 5.91 Å². The van der Waals surface area contributed by atoms with Crippen molar-refractivity contribution >= 4 is 5.91 Å². The van der Waals surface area contributed by atoms with Crippen LogP contribution in [0.2, 0.25) is 0 Å². The highest BCUT2D eigenvalue weighted by molar-refractivity contribution is 5.95. The largest absolute Gasteiger partial charge is 0.497 e. The summed E-state index contributed by atoms with van der Waals surface area (Å²) in [5.41, 5.74) is 2.23. The smallest absolute Gasteiger partial charge is 0.252 e. The van der Waals surface area contributed by atoms with E-state index in [0.717, 1.165) is 22.6 Å². The normalized spacial score (nSPS) is 10.5. The zero-order valence-corrected chi connectivity index (χ0v) is 17.0. The van der Waals surface area contributed by atoms with Gasteiger partial charge in [-0.3, -0.25) is 9.89 Å². The van der Waals surface area contributed by atoms with E-state index in [4.69, 9.17) is 9.47 Å². The number of para-hydroxylation sites is 1. The van der Waals surface area contributed by atoms with Crippen LogP contribution >= 0.6 is 0 Å². The molecule has 0 atom stereocenters. The summed E-state index contributed by atoms with van der Waals surface area (Å²) in [5, 5.41) is 9.98. The van der Waals surface area contributed by atoms with Crippen LogP contribution in [0.15, 0.2) is 78.9 Å². The van der Waals surface area contributed by atoms with Crippen molar-refractivity contribution in [3.8, 4) is 22.9 Å². The van der Waals surface area contributed by atoms with Gasteiger partial charge in [0.2, 0.25) is 0 Å². The van der Waals surface area contributed by atoms with Gasteiger partial charge < -0.3 is 14.8 Å². The minimum absolute atomic E-state index is 0.199. The molecule has 4 aromatic rings. The average molecular weight is 414 g/mol. The zero-order chi connectivity index (χ0) is 21.5. The van der Waals surface area contributed by atoms with Crippen LogP contribution in [0.5, 0.6) is 11.5 Å². The lowest BCUT2D eigenvalue weighted by atomic mass is 10.1. The van der Waals surface area contributed by atoms with Crippen molar-refractivity contribution < 1.29 is 14.3 Å². The monoisotopic (exact) mass is 414 g/mol. The number of H-pyrrole nitrogens is 1. The van der Waals surface area contributed by atoms with Gasteiger partial charge >= 0.3 is 0 Å². The standard InChI is InChI=1S/C24H22N4O3/c1-30-19-13-11-17(12-14-19)23-26-22(27-28-23)15-25-24(29)21-10-6-5-7-18(21)16-31-20-8-3-2-4-9-20/h2-14H,15-16H2,1H3,(H,25,29)(H,26,27,28). The number of aromatic nitrogens is 3. The summed E-state index contributed by atoms with van der Waals surface area (Å²) in [5.74, 6) is 2.45. The number of rotatable bonds is 8. The molecule has 0 aliphatic heterocycles. The molecule has 0 saturated heterocycles. The first kappa shape index (κ1) is 20.2. The van der Waals surface area contributed by atoms with Crippen molar-refractivity contribution in [1.82, 2.24) is 20.5 Å². The van der Waals surface area contributed by atoms with Crippen molar-refractivity contribution in [2.24, 2.45) is 0 Å². The molecular weight excluding hydrogens is 392 g/mol. The van der Waals surface area contributed by atoms with Crippen LogP contribution < -0.4 is 14.8 Å². The second-order valence-electron chi connectivity index (χ2n) is 6.78. The van der Waals surface area contributed by atoms with E-state index in [1.165, 1.54) is 0 Å². The summed E-state index contributed by atoms with van der Waals surface area (Å²) in [4.78, 5) is 17.2. The molecule has 3 aromatic carbocycles. The molecule has 7 heteroatoms. The van der Waals surface area contributed by atoms with Gasteiger partial charge in [-0.2, -0.15) is 5.10 Å². The number of amides is 1. The van der Waals surface area contributed by atoms with Crippen LogP contribution in [0.4, 0.5) is 0 Å². The van der Waals surface area contributed by atoms with Crippen molar-refractivity contribution in [2.45, 2.75) is 13.2 Å². The lowest BCUT2D eigenvalue weighted by Crippen LogP contribution is -2.24. The highest BCUT2D eigenvalue weighted by Gasteiger charge is 2.13. The fourth-order valence-electron chi connectivity index (χ4n) is 3.05. The molecule has 0 bridgehead atoms. The summed E-state index contributed by atoms with van der Waals surface area (Å²) >= 11 is 0. The maximum absolute atomic E-state index is 12.8. The van der Waals surface area contributed by atoms with Gasteiger partial charge in [-0.1, -0.05) is 36.4 Å². The van der Waals surface area contributed by atoms with Crippen molar-refractivity contribution in [3.05, 3.63) is 95.8 Å². The molecule has 0 spiro atoms. The summed E-state index contributed by atoms with van der Waals surface area (Å²) in [6.07, 6.45) is 0. The Hall–Kier alpha value is -4.13. The van der Waals surface area contributed by atoms with Gasteiger partial charge in [-0.15, -0.1) is 0 Å². The molecule has 0 radical (unpaired) electrons. The molecule has 0 aliphatic rings. The molecule has 0 saturated carbocycles. The first-order valence-corrected chi connectivity index (χ1v) is 9.82. The van der Waals surface area contributed by atoms with Gasteiger partial charge in [-0.25, -0.2) is 4.98 Å². The summed E-state index contributed by atoms with van der Waals surface area (Å²) in [6.45, 7) is 0.535. The number of benzene rings is 3.